The van der Waals surface area contributed by atoms with E-state index in [2.05, 4.69) is 26.6 Å². The van der Waals surface area contributed by atoms with Crippen LogP contribution in [0, 0.1) is 0 Å². The Morgan fingerprint density at radius 1 is 0.840 bits per heavy atom. The van der Waals surface area contributed by atoms with Crippen molar-refractivity contribution in [3.63, 3.8) is 0 Å². The maximum atomic E-state index is 12.4. The van der Waals surface area contributed by atoms with E-state index in [4.69, 9.17) is 5.73 Å². The van der Waals surface area contributed by atoms with Crippen molar-refractivity contribution in [2.75, 3.05) is 33.7 Å². The lowest BCUT2D eigenvalue weighted by atomic mass is 10.1. The molecule has 0 rings (SSSR count). The second-order valence-corrected chi connectivity index (χ2v) is 5.70. The molecule has 3 atom stereocenters. The number of rotatable bonds is 13. The molecule has 0 aromatic rings. The van der Waals surface area contributed by atoms with Gasteiger partial charge in [-0.1, -0.05) is 6.92 Å². The molecule has 9 heteroatoms. The van der Waals surface area contributed by atoms with Gasteiger partial charge in [0.15, 0.2) is 0 Å². The van der Waals surface area contributed by atoms with Crippen LogP contribution in [-0.4, -0.2) is 69.6 Å². The van der Waals surface area contributed by atoms with E-state index in [-0.39, 0.29) is 23.8 Å². The Morgan fingerprint density at radius 2 is 1.44 bits per heavy atom. The summed E-state index contributed by atoms with van der Waals surface area (Å²) < 4.78 is 0. The summed E-state index contributed by atoms with van der Waals surface area (Å²) in [6.07, 6.45) is 1.47. The molecular formula is C16H34N6O3. The molecule has 3 amide bonds. The van der Waals surface area contributed by atoms with Crippen LogP contribution in [0.1, 0.15) is 33.1 Å². The third-order valence-electron chi connectivity index (χ3n) is 3.91. The van der Waals surface area contributed by atoms with Gasteiger partial charge < -0.3 is 32.3 Å². The van der Waals surface area contributed by atoms with Gasteiger partial charge in [-0.2, -0.15) is 0 Å². The largest absolute Gasteiger partial charge is 0.355 e. The summed E-state index contributed by atoms with van der Waals surface area (Å²) in [5.41, 5.74) is 5.52. The highest BCUT2D eigenvalue weighted by Crippen LogP contribution is 1.97. The SMILES string of the molecule is CCNC(=O)C(CCN)NC(=O)[C@H](CCNC(=O)C(CC)NC)NC. The van der Waals surface area contributed by atoms with Crippen molar-refractivity contribution in [2.45, 2.75) is 51.2 Å². The van der Waals surface area contributed by atoms with Crippen molar-refractivity contribution in [2.24, 2.45) is 5.73 Å². The van der Waals surface area contributed by atoms with E-state index >= 15 is 0 Å². The number of nitrogens with one attached hydrogen (secondary N) is 5. The maximum absolute atomic E-state index is 12.4. The third kappa shape index (κ3) is 8.80. The highest BCUT2D eigenvalue weighted by molar-refractivity contribution is 5.89. The lowest BCUT2D eigenvalue weighted by Crippen LogP contribution is -2.53. The van der Waals surface area contributed by atoms with E-state index in [9.17, 15) is 14.4 Å². The quantitative estimate of drug-likeness (QED) is 0.226. The fourth-order valence-corrected chi connectivity index (χ4v) is 2.40. The molecule has 0 radical (unpaired) electrons. The molecule has 0 saturated carbocycles. The number of hydrogen-bond acceptors (Lipinski definition) is 6. The fourth-order valence-electron chi connectivity index (χ4n) is 2.40. The first-order valence-electron chi connectivity index (χ1n) is 8.85. The summed E-state index contributed by atoms with van der Waals surface area (Å²) >= 11 is 0. The Balaban J connectivity index is 4.53. The van der Waals surface area contributed by atoms with Gasteiger partial charge in [0.2, 0.25) is 17.7 Å². The van der Waals surface area contributed by atoms with E-state index < -0.39 is 12.1 Å². The van der Waals surface area contributed by atoms with E-state index in [0.29, 0.717) is 38.9 Å². The average molecular weight is 358 g/mol. The highest BCUT2D eigenvalue weighted by atomic mass is 16.2. The number of nitrogens with two attached hydrogens (primary N) is 1. The molecule has 0 aliphatic carbocycles. The van der Waals surface area contributed by atoms with Crippen LogP contribution in [0.4, 0.5) is 0 Å². The molecule has 0 bridgehead atoms. The lowest BCUT2D eigenvalue weighted by molar-refractivity contribution is -0.130. The molecule has 0 heterocycles. The van der Waals surface area contributed by atoms with Crippen molar-refractivity contribution in [3.05, 3.63) is 0 Å². The van der Waals surface area contributed by atoms with Gasteiger partial charge in [-0.3, -0.25) is 14.4 Å². The Kier molecular flexibility index (Phi) is 12.6. The summed E-state index contributed by atoms with van der Waals surface area (Å²) in [5, 5.41) is 14.0. The van der Waals surface area contributed by atoms with Crippen molar-refractivity contribution >= 4 is 17.7 Å². The summed E-state index contributed by atoms with van der Waals surface area (Å²) in [6, 6.07) is -1.41. The van der Waals surface area contributed by atoms with Gasteiger partial charge in [-0.05, 0) is 46.8 Å². The maximum Gasteiger partial charge on any atom is 0.242 e. The first-order chi connectivity index (χ1) is 11.9. The summed E-state index contributed by atoms with van der Waals surface area (Å²) in [4.78, 5) is 36.2. The van der Waals surface area contributed by atoms with Gasteiger partial charge >= 0.3 is 0 Å². The molecule has 7 N–H and O–H groups in total. The second-order valence-electron chi connectivity index (χ2n) is 5.70. The minimum atomic E-state index is -0.656. The van der Waals surface area contributed by atoms with Gasteiger partial charge in [0.1, 0.15) is 6.04 Å². The number of hydrogen-bond donors (Lipinski definition) is 6. The highest BCUT2D eigenvalue weighted by Gasteiger charge is 2.24. The first kappa shape index (κ1) is 23.3. The molecule has 25 heavy (non-hydrogen) atoms. The van der Waals surface area contributed by atoms with E-state index in [1.54, 1.807) is 14.1 Å². The molecule has 2 unspecified atom stereocenters. The van der Waals surface area contributed by atoms with E-state index in [1.165, 1.54) is 0 Å². The Hall–Kier alpha value is -1.71. The number of carbonyl (C=O) groups is 3. The second kappa shape index (κ2) is 13.6. The standard InChI is InChI=1S/C16H34N6O3/c1-5-11(18-3)14(23)21-10-8-12(19-4)16(25)22-13(7-9-17)15(24)20-6-2/h11-13,18-19H,5-10,17H2,1-4H3,(H,20,24)(H,21,23)(H,22,25)/t11?,12-,13?/m0/s1. The molecule has 0 spiro atoms. The lowest BCUT2D eigenvalue weighted by Gasteiger charge is -2.22. The Morgan fingerprint density at radius 3 is 1.92 bits per heavy atom. The normalized spacial score (nSPS) is 14.3. The fraction of sp³-hybridized carbons (Fsp3) is 0.812. The van der Waals surface area contributed by atoms with E-state index in [0.717, 1.165) is 0 Å². The van der Waals surface area contributed by atoms with E-state index in [1.807, 2.05) is 13.8 Å². The minimum absolute atomic E-state index is 0.0939. The predicted octanol–water partition coefficient (Wildman–Crippen LogP) is -1.95. The van der Waals surface area contributed by atoms with Crippen LogP contribution in [0.5, 0.6) is 0 Å². The number of carbonyl (C=O) groups excluding carboxylic acids is 3. The molecule has 0 aromatic heterocycles. The van der Waals surface area contributed by atoms with Gasteiger partial charge in [0, 0.05) is 13.1 Å². The van der Waals surface area contributed by atoms with Crippen LogP contribution in [-0.2, 0) is 14.4 Å². The molecule has 0 saturated heterocycles. The molecule has 0 aromatic carbocycles. The van der Waals surface area contributed by atoms with Crippen molar-refractivity contribution < 1.29 is 14.4 Å². The molecule has 9 nitrogen and oxygen atoms in total. The van der Waals surface area contributed by atoms with Crippen LogP contribution >= 0.6 is 0 Å². The summed E-state index contributed by atoms with van der Waals surface area (Å²) in [7, 11) is 3.40. The van der Waals surface area contributed by atoms with Crippen LogP contribution in [0.25, 0.3) is 0 Å². The van der Waals surface area contributed by atoms with Crippen LogP contribution < -0.4 is 32.3 Å². The number of amides is 3. The Labute approximate surface area is 150 Å². The zero-order valence-electron chi connectivity index (χ0n) is 15.8. The van der Waals surface area contributed by atoms with Crippen molar-refractivity contribution in [3.8, 4) is 0 Å². The zero-order chi connectivity index (χ0) is 19.2. The molecule has 0 fully saturated rings. The molecule has 0 aliphatic rings. The van der Waals surface area contributed by atoms with Crippen LogP contribution in [0.3, 0.4) is 0 Å². The first-order valence-corrected chi connectivity index (χ1v) is 8.85. The number of likely N-dealkylation sites (N-methyl/N-ethyl adjacent to an activating group) is 3. The smallest absolute Gasteiger partial charge is 0.242 e. The average Bonchev–Trinajstić information content (AvgIpc) is 2.59. The van der Waals surface area contributed by atoms with Gasteiger partial charge in [-0.25, -0.2) is 0 Å². The topological polar surface area (TPSA) is 137 Å². The van der Waals surface area contributed by atoms with Crippen molar-refractivity contribution in [1.82, 2.24) is 26.6 Å². The third-order valence-corrected chi connectivity index (χ3v) is 3.91. The van der Waals surface area contributed by atoms with Gasteiger partial charge in [-0.15, -0.1) is 0 Å². The van der Waals surface area contributed by atoms with Gasteiger partial charge in [0.25, 0.3) is 0 Å². The summed E-state index contributed by atoms with van der Waals surface area (Å²) in [5.74, 6) is -0.630. The minimum Gasteiger partial charge on any atom is -0.355 e. The van der Waals surface area contributed by atoms with Crippen molar-refractivity contribution in [1.29, 1.82) is 0 Å². The zero-order valence-corrected chi connectivity index (χ0v) is 15.8. The molecular weight excluding hydrogens is 324 g/mol. The van der Waals surface area contributed by atoms with Crippen LogP contribution in [0.2, 0.25) is 0 Å². The van der Waals surface area contributed by atoms with Crippen LogP contribution in [0.15, 0.2) is 0 Å². The Bertz CT molecular complexity index is 415. The molecule has 0 aliphatic heterocycles. The monoisotopic (exact) mass is 358 g/mol. The summed E-state index contributed by atoms with van der Waals surface area (Å²) in [6.45, 7) is 4.88. The van der Waals surface area contributed by atoms with Gasteiger partial charge in [0.05, 0.1) is 12.1 Å². The molecule has 146 valence electrons. The predicted molar refractivity (Wildman–Crippen MR) is 97.9 cm³/mol.